The molecule has 0 saturated carbocycles. The normalized spacial score (nSPS) is 6.92. The molecule has 0 aromatic carbocycles. The molecule has 0 N–H and O–H groups in total. The summed E-state index contributed by atoms with van der Waals surface area (Å²) in [5.41, 5.74) is 0. The van der Waals surface area contributed by atoms with Crippen LogP contribution in [0.5, 0.6) is 0 Å². The van der Waals surface area contributed by atoms with Gasteiger partial charge in [-0.1, -0.05) is 0 Å². The fourth-order valence-corrected chi connectivity index (χ4v) is 0.473. The Bertz CT molecular complexity index is 190. The van der Waals surface area contributed by atoms with Crippen LogP contribution in [0.3, 0.4) is 0 Å². The average molecular weight is 179 g/mol. The molecule has 0 rings (SSSR count). The molecule has 0 aliphatic carbocycles. The molecule has 70 valence electrons. The molecule has 0 heterocycles. The summed E-state index contributed by atoms with van der Waals surface area (Å²) in [7, 11) is 1.49. The Labute approximate surface area is 79.0 Å². The van der Waals surface area contributed by atoms with Gasteiger partial charge in [-0.05, 0) is 12.8 Å². The van der Waals surface area contributed by atoms with E-state index < -0.39 is 0 Å². The van der Waals surface area contributed by atoms with Crippen molar-refractivity contribution < 1.29 is 4.74 Å². The van der Waals surface area contributed by atoms with Crippen molar-refractivity contribution in [3.8, 4) is 18.2 Å². The molecule has 0 spiro atoms. The SMILES string of the molecule is COCC#N.N#CCCCCC#N. The van der Waals surface area contributed by atoms with Crippen molar-refractivity contribution in [1.82, 2.24) is 0 Å². The highest BCUT2D eigenvalue weighted by molar-refractivity contribution is 4.72. The van der Waals surface area contributed by atoms with Gasteiger partial charge in [0.1, 0.15) is 6.61 Å². The molecule has 0 aliphatic heterocycles. The number of nitrogens with zero attached hydrogens (tertiary/aromatic N) is 3. The largest absolute Gasteiger partial charge is 0.370 e. The molecule has 0 radical (unpaired) electrons. The third kappa shape index (κ3) is 25.1. The highest BCUT2D eigenvalue weighted by Crippen LogP contribution is 1.95. The molecule has 0 aromatic heterocycles. The van der Waals surface area contributed by atoms with Crippen LogP contribution < -0.4 is 0 Å². The van der Waals surface area contributed by atoms with Crippen LogP contribution in [0.4, 0.5) is 0 Å². The van der Waals surface area contributed by atoms with Crippen LogP contribution >= 0.6 is 0 Å². The Balaban J connectivity index is 0. The fourth-order valence-electron chi connectivity index (χ4n) is 0.473. The lowest BCUT2D eigenvalue weighted by atomic mass is 10.2. The van der Waals surface area contributed by atoms with E-state index in [2.05, 4.69) is 4.74 Å². The van der Waals surface area contributed by atoms with Gasteiger partial charge in [0.25, 0.3) is 0 Å². The quantitative estimate of drug-likeness (QED) is 0.615. The first-order chi connectivity index (χ1) is 6.33. The van der Waals surface area contributed by atoms with Gasteiger partial charge in [0.15, 0.2) is 0 Å². The van der Waals surface area contributed by atoms with Gasteiger partial charge in [0.05, 0.1) is 18.2 Å². The van der Waals surface area contributed by atoms with Crippen molar-refractivity contribution in [2.75, 3.05) is 13.7 Å². The Kier molecular flexibility index (Phi) is 18.1. The lowest BCUT2D eigenvalue weighted by molar-refractivity contribution is 0.238. The number of rotatable bonds is 4. The topological polar surface area (TPSA) is 80.6 Å². The summed E-state index contributed by atoms with van der Waals surface area (Å²) in [5, 5.41) is 23.8. The third-order valence-electron chi connectivity index (χ3n) is 1.04. The van der Waals surface area contributed by atoms with Gasteiger partial charge in [0.2, 0.25) is 0 Å². The van der Waals surface area contributed by atoms with Crippen LogP contribution in [0, 0.1) is 34.0 Å². The first kappa shape index (κ1) is 14.0. The molecular formula is C9H13N3O. The van der Waals surface area contributed by atoms with Gasteiger partial charge >= 0.3 is 0 Å². The van der Waals surface area contributed by atoms with Crippen LogP contribution in [-0.2, 0) is 4.74 Å². The lowest BCUT2D eigenvalue weighted by Crippen LogP contribution is -1.77. The standard InChI is InChI=1S/C6H8N2.C3H5NO/c7-5-3-1-2-4-6-8;1-5-3-2-4/h1-4H2;3H2,1H3. The van der Waals surface area contributed by atoms with E-state index in [1.807, 2.05) is 12.1 Å². The van der Waals surface area contributed by atoms with Crippen molar-refractivity contribution in [1.29, 1.82) is 15.8 Å². The molecule has 4 heteroatoms. The smallest absolute Gasteiger partial charge is 0.133 e. The van der Waals surface area contributed by atoms with Gasteiger partial charge in [-0.15, -0.1) is 0 Å². The van der Waals surface area contributed by atoms with E-state index >= 15 is 0 Å². The maximum Gasteiger partial charge on any atom is 0.133 e. The number of unbranched alkanes of at least 4 members (excludes halogenated alkanes) is 3. The van der Waals surface area contributed by atoms with Crippen molar-refractivity contribution in [3.63, 3.8) is 0 Å². The minimum absolute atomic E-state index is 0.194. The van der Waals surface area contributed by atoms with Gasteiger partial charge in [-0.25, -0.2) is 0 Å². The summed E-state index contributed by atoms with van der Waals surface area (Å²) in [6, 6.07) is 5.83. The van der Waals surface area contributed by atoms with Gasteiger partial charge in [-0.2, -0.15) is 15.8 Å². The predicted octanol–water partition coefficient (Wildman–Crippen LogP) is 1.75. The van der Waals surface area contributed by atoms with Crippen LogP contribution in [-0.4, -0.2) is 13.7 Å². The molecule has 13 heavy (non-hydrogen) atoms. The van der Waals surface area contributed by atoms with Crippen LogP contribution in [0.1, 0.15) is 25.7 Å². The molecule has 0 unspecified atom stereocenters. The van der Waals surface area contributed by atoms with E-state index in [1.54, 1.807) is 6.07 Å². The van der Waals surface area contributed by atoms with Crippen molar-refractivity contribution >= 4 is 0 Å². The maximum absolute atomic E-state index is 8.03. The van der Waals surface area contributed by atoms with Crippen LogP contribution in [0.15, 0.2) is 0 Å². The number of methoxy groups -OCH3 is 1. The van der Waals surface area contributed by atoms with Crippen molar-refractivity contribution in [2.24, 2.45) is 0 Å². The Morgan fingerprint density at radius 2 is 1.38 bits per heavy atom. The minimum Gasteiger partial charge on any atom is -0.370 e. The highest BCUT2D eigenvalue weighted by atomic mass is 16.5. The second-order valence-electron chi connectivity index (χ2n) is 2.11. The minimum atomic E-state index is 0.194. The van der Waals surface area contributed by atoms with E-state index in [4.69, 9.17) is 15.8 Å². The summed E-state index contributed by atoms with van der Waals surface area (Å²) in [6.45, 7) is 0.194. The first-order valence-corrected chi connectivity index (χ1v) is 3.93. The molecule has 0 bridgehead atoms. The van der Waals surface area contributed by atoms with E-state index in [1.165, 1.54) is 7.11 Å². The van der Waals surface area contributed by atoms with Gasteiger partial charge < -0.3 is 4.74 Å². The molecule has 0 amide bonds. The number of hydrogen-bond acceptors (Lipinski definition) is 4. The monoisotopic (exact) mass is 179 g/mol. The average Bonchev–Trinajstić information content (AvgIpc) is 2.15. The van der Waals surface area contributed by atoms with E-state index in [0.29, 0.717) is 12.8 Å². The molecular weight excluding hydrogens is 166 g/mol. The van der Waals surface area contributed by atoms with Crippen LogP contribution in [0.25, 0.3) is 0 Å². The maximum atomic E-state index is 8.03. The second kappa shape index (κ2) is 16.8. The Morgan fingerprint density at radius 3 is 1.54 bits per heavy atom. The zero-order chi connectivity index (χ0) is 10.4. The first-order valence-electron chi connectivity index (χ1n) is 3.93. The zero-order valence-corrected chi connectivity index (χ0v) is 7.79. The van der Waals surface area contributed by atoms with Crippen molar-refractivity contribution in [2.45, 2.75) is 25.7 Å². The zero-order valence-electron chi connectivity index (χ0n) is 7.79. The second-order valence-corrected chi connectivity index (χ2v) is 2.11. The van der Waals surface area contributed by atoms with E-state index in [-0.39, 0.29) is 6.61 Å². The van der Waals surface area contributed by atoms with Gasteiger partial charge in [-0.3, -0.25) is 0 Å². The summed E-state index contributed by atoms with van der Waals surface area (Å²) < 4.78 is 4.33. The summed E-state index contributed by atoms with van der Waals surface area (Å²) in [4.78, 5) is 0. The summed E-state index contributed by atoms with van der Waals surface area (Å²) in [6.07, 6.45) is 2.90. The fraction of sp³-hybridized carbons (Fsp3) is 0.667. The predicted molar refractivity (Wildman–Crippen MR) is 47.2 cm³/mol. The molecule has 0 saturated heterocycles. The number of ether oxygens (including phenoxy) is 1. The molecule has 0 atom stereocenters. The van der Waals surface area contributed by atoms with E-state index in [0.717, 1.165) is 12.8 Å². The number of hydrogen-bond donors (Lipinski definition) is 0. The summed E-state index contributed by atoms with van der Waals surface area (Å²) >= 11 is 0. The van der Waals surface area contributed by atoms with Crippen LogP contribution in [0.2, 0.25) is 0 Å². The molecule has 0 aliphatic rings. The van der Waals surface area contributed by atoms with E-state index in [9.17, 15) is 0 Å². The van der Waals surface area contributed by atoms with Crippen molar-refractivity contribution in [3.05, 3.63) is 0 Å². The third-order valence-corrected chi connectivity index (χ3v) is 1.04. The highest BCUT2D eigenvalue weighted by Gasteiger charge is 1.83. The van der Waals surface area contributed by atoms with Gasteiger partial charge in [0, 0.05) is 20.0 Å². The molecule has 0 aromatic rings. The lowest BCUT2D eigenvalue weighted by Gasteiger charge is -1.83. The molecule has 0 fully saturated rings. The Hall–Kier alpha value is -1.57. The number of nitriles is 3. The molecule has 4 nitrogen and oxygen atoms in total. The Morgan fingerprint density at radius 1 is 0.923 bits per heavy atom. The summed E-state index contributed by atoms with van der Waals surface area (Å²) in [5.74, 6) is 0.